The molecule has 2 saturated carbocycles. The lowest BCUT2D eigenvalue weighted by atomic mass is 9.39. The van der Waals surface area contributed by atoms with Crippen LogP contribution < -0.4 is 5.32 Å². The monoisotopic (exact) mass is 955 g/mol. The standard InChI is InChI=1S/C53H62FNO14/c1-30(56)26-52-29-65-39(52)25-38(69-54)51(8)44(52)35(24-36(57)33-20-14-10-15-21-33)53(63)27-37(31(2)40(50(53,6)7)42(58)45(51)59)66-46(60)43(67-48(62)64-28-32-18-12-9-13-19-32)41(34-22-16-11-17-23-34)55-47(61)68-49(3,4)5/h9-23,35,37-39,41-44,58,63H,24-29H2,1-8H3,(H,55,61)/t35-,37-,38?,39?,41-,42?,43+,44?,51?,52+,53?/m0/s1. The lowest BCUT2D eigenvalue weighted by molar-refractivity contribution is -0.339. The topological polar surface area (TPSA) is 210 Å². The smallest absolute Gasteiger partial charge is 0.455 e. The molecule has 69 heavy (non-hydrogen) atoms. The average molecular weight is 956 g/mol. The van der Waals surface area contributed by atoms with E-state index in [1.807, 2.05) is 0 Å². The Hall–Kier alpha value is -5.81. The van der Waals surface area contributed by atoms with Gasteiger partial charge in [0.2, 0.25) is 6.10 Å². The highest BCUT2D eigenvalue weighted by molar-refractivity contribution is 5.97. The number of ether oxygens (including phenoxy) is 5. The molecular weight excluding hydrogens is 894 g/mol. The zero-order valence-electron chi connectivity index (χ0n) is 40.2. The first-order valence-corrected chi connectivity index (χ1v) is 23.2. The number of fused-ring (bicyclic) bond motifs is 5. The van der Waals surface area contributed by atoms with Gasteiger partial charge >= 0.3 is 18.2 Å². The maximum absolute atomic E-state index is 15.4. The van der Waals surface area contributed by atoms with Gasteiger partial charge in [-0.1, -0.05) is 105 Å². The Balaban J connectivity index is 1.37. The Bertz CT molecular complexity index is 2460. The number of carbonyl (C=O) groups excluding carboxylic acids is 6. The van der Waals surface area contributed by atoms with Crippen molar-refractivity contribution in [3.63, 3.8) is 0 Å². The highest BCUT2D eigenvalue weighted by Crippen LogP contribution is 2.69. The Labute approximate surface area is 400 Å². The fourth-order valence-electron chi connectivity index (χ4n) is 11.8. The Kier molecular flexibility index (Phi) is 14.5. The molecule has 1 saturated heterocycles. The largest absolute Gasteiger partial charge is 0.509 e. The third-order valence-electron chi connectivity index (χ3n) is 15.0. The Morgan fingerprint density at radius 3 is 2.10 bits per heavy atom. The summed E-state index contributed by atoms with van der Waals surface area (Å²) in [7, 11) is 0. The van der Waals surface area contributed by atoms with Crippen LogP contribution >= 0.6 is 0 Å². The molecule has 370 valence electrons. The van der Waals surface area contributed by atoms with Gasteiger partial charge in [-0.2, -0.15) is 4.94 Å². The van der Waals surface area contributed by atoms with Crippen molar-refractivity contribution < 1.29 is 72.1 Å². The van der Waals surface area contributed by atoms with Crippen molar-refractivity contribution in [2.24, 2.45) is 28.1 Å². The van der Waals surface area contributed by atoms with Gasteiger partial charge in [-0.25, -0.2) is 14.4 Å². The van der Waals surface area contributed by atoms with E-state index in [9.17, 15) is 29.4 Å². The molecule has 0 radical (unpaired) electrons. The molecule has 15 nitrogen and oxygen atoms in total. The van der Waals surface area contributed by atoms with E-state index in [0.29, 0.717) is 11.1 Å². The summed E-state index contributed by atoms with van der Waals surface area (Å²) < 4.78 is 44.3. The second-order valence-electron chi connectivity index (χ2n) is 20.7. The van der Waals surface area contributed by atoms with Crippen LogP contribution in [0.5, 0.6) is 0 Å². The Morgan fingerprint density at radius 1 is 0.928 bits per heavy atom. The molecule has 3 aliphatic carbocycles. The highest BCUT2D eigenvalue weighted by atomic mass is 19.3. The number of amides is 1. The molecule has 3 aromatic rings. The summed E-state index contributed by atoms with van der Waals surface area (Å²) in [5, 5.41) is 29.1. The van der Waals surface area contributed by atoms with Crippen molar-refractivity contribution in [1.29, 1.82) is 0 Å². The SMILES string of the molecule is CC(=O)C[C@@]12COC1CC(OF)C1(C)C(=O)C(O)C3=C(C)[C@@H](OC(=O)[C@H](OC(=O)OCc4ccccc4)[C@@H](NC(=O)OC(C)(C)C)c4ccccc4)CC(O)([C@@H](CC(=O)c4ccccc4)C12)C3(C)C. The van der Waals surface area contributed by atoms with Crippen LogP contribution in [0.3, 0.4) is 0 Å². The first-order chi connectivity index (χ1) is 32.5. The molecule has 16 heteroatoms. The molecule has 0 spiro atoms. The molecule has 11 atom stereocenters. The van der Waals surface area contributed by atoms with Gasteiger partial charge in [0.25, 0.3) is 0 Å². The maximum Gasteiger partial charge on any atom is 0.509 e. The second kappa shape index (κ2) is 19.5. The lowest BCUT2D eigenvalue weighted by Gasteiger charge is -2.69. The third kappa shape index (κ3) is 9.60. The van der Waals surface area contributed by atoms with E-state index < -0.39 is 118 Å². The predicted octanol–water partition coefficient (Wildman–Crippen LogP) is 7.86. The number of alkyl carbamates (subject to hydrolysis) is 1. The number of aliphatic hydroxyl groups is 2. The van der Waals surface area contributed by atoms with Crippen LogP contribution in [0, 0.1) is 28.1 Å². The minimum absolute atomic E-state index is 0.0488. The summed E-state index contributed by atoms with van der Waals surface area (Å²) in [4.78, 5) is 90.1. The van der Waals surface area contributed by atoms with Gasteiger partial charge in [-0.15, -0.1) is 0 Å². The quantitative estimate of drug-likeness (QED) is 0.0608. The van der Waals surface area contributed by atoms with Crippen LogP contribution in [0.2, 0.25) is 0 Å². The van der Waals surface area contributed by atoms with Crippen molar-refractivity contribution in [2.75, 3.05) is 6.61 Å². The summed E-state index contributed by atoms with van der Waals surface area (Å²) in [6.07, 6.45) is -11.4. The maximum atomic E-state index is 15.4. The summed E-state index contributed by atoms with van der Waals surface area (Å²) in [5.41, 5.74) is -6.70. The molecular formula is C53H62FNO14. The van der Waals surface area contributed by atoms with Gasteiger partial charge < -0.3 is 44.0 Å². The number of nitrogens with one attached hydrogen (secondary N) is 1. The van der Waals surface area contributed by atoms with Gasteiger partial charge in [0.15, 0.2) is 11.6 Å². The summed E-state index contributed by atoms with van der Waals surface area (Å²) >= 11 is 0. The minimum Gasteiger partial charge on any atom is -0.455 e. The van der Waals surface area contributed by atoms with Crippen molar-refractivity contribution >= 4 is 35.6 Å². The zero-order valence-corrected chi connectivity index (χ0v) is 40.2. The van der Waals surface area contributed by atoms with E-state index in [4.69, 9.17) is 23.7 Å². The van der Waals surface area contributed by atoms with Gasteiger partial charge in [0.1, 0.15) is 42.3 Å². The molecule has 6 unspecified atom stereocenters. The van der Waals surface area contributed by atoms with E-state index in [0.717, 1.165) is 0 Å². The number of benzene rings is 3. The van der Waals surface area contributed by atoms with Crippen LogP contribution in [0.1, 0.15) is 109 Å². The summed E-state index contributed by atoms with van der Waals surface area (Å²) in [5.74, 6) is -5.40. The molecule has 1 aliphatic heterocycles. The second-order valence-corrected chi connectivity index (χ2v) is 20.7. The number of hydrogen-bond donors (Lipinski definition) is 3. The van der Waals surface area contributed by atoms with Crippen LogP contribution in [0.25, 0.3) is 0 Å². The van der Waals surface area contributed by atoms with E-state index in [1.165, 1.54) is 20.8 Å². The zero-order chi connectivity index (χ0) is 50.3. The van der Waals surface area contributed by atoms with Crippen LogP contribution in [0.15, 0.2) is 102 Å². The van der Waals surface area contributed by atoms with Crippen molar-refractivity contribution in [1.82, 2.24) is 5.32 Å². The number of Topliss-reactive ketones (excluding diaryl/α,β-unsaturated/α-hetero) is 3. The summed E-state index contributed by atoms with van der Waals surface area (Å²) in [6.45, 7) is 12.2. The number of ketones is 3. The highest BCUT2D eigenvalue weighted by Gasteiger charge is 2.75. The molecule has 1 amide bonds. The van der Waals surface area contributed by atoms with Crippen LogP contribution in [-0.4, -0.2) is 94.1 Å². The molecule has 7 rings (SSSR count). The van der Waals surface area contributed by atoms with Gasteiger partial charge in [-0.05, 0) is 74.3 Å². The van der Waals surface area contributed by atoms with E-state index >= 15 is 14.1 Å². The normalized spacial score (nSPS) is 30.1. The van der Waals surface area contributed by atoms with Crippen molar-refractivity contribution in [2.45, 2.75) is 135 Å². The first-order valence-electron chi connectivity index (χ1n) is 23.2. The van der Waals surface area contributed by atoms with Crippen LogP contribution in [-0.2, 0) is 49.6 Å². The number of esters is 1. The Morgan fingerprint density at radius 2 is 1.54 bits per heavy atom. The molecule has 3 fully saturated rings. The van der Waals surface area contributed by atoms with Crippen molar-refractivity contribution in [3.05, 3.63) is 119 Å². The molecule has 4 aliphatic rings. The number of rotatable bonds is 14. The lowest BCUT2D eigenvalue weighted by Crippen LogP contribution is -2.76. The summed E-state index contributed by atoms with van der Waals surface area (Å²) in [6, 6.07) is 23.6. The van der Waals surface area contributed by atoms with E-state index in [1.54, 1.807) is 126 Å². The van der Waals surface area contributed by atoms with Crippen molar-refractivity contribution in [3.8, 4) is 0 Å². The fourth-order valence-corrected chi connectivity index (χ4v) is 11.8. The predicted molar refractivity (Wildman–Crippen MR) is 246 cm³/mol. The average Bonchev–Trinajstić information content (AvgIpc) is 3.29. The molecule has 1 heterocycles. The first kappa shape index (κ1) is 51.1. The molecule has 0 aromatic heterocycles. The van der Waals surface area contributed by atoms with Gasteiger partial charge in [-0.3, -0.25) is 9.59 Å². The van der Waals surface area contributed by atoms with E-state index in [2.05, 4.69) is 10.3 Å². The number of aliphatic hydroxyl groups excluding tert-OH is 1. The molecule has 3 N–H and O–H groups in total. The number of carbonyl (C=O) groups is 6. The third-order valence-corrected chi connectivity index (χ3v) is 15.0. The molecule has 2 bridgehead atoms. The van der Waals surface area contributed by atoms with E-state index in [-0.39, 0.29) is 48.5 Å². The van der Waals surface area contributed by atoms with Gasteiger partial charge in [0.05, 0.1) is 23.7 Å². The van der Waals surface area contributed by atoms with Gasteiger partial charge in [0, 0.05) is 48.0 Å². The number of halogens is 1. The fraction of sp³-hybridized carbons (Fsp3) is 0.509. The molecule has 3 aromatic carbocycles. The number of hydrogen-bond acceptors (Lipinski definition) is 14. The minimum atomic E-state index is -2.20. The van der Waals surface area contributed by atoms with Crippen LogP contribution in [0.4, 0.5) is 14.1 Å².